The molecule has 1 aromatic heterocycles. The van der Waals surface area contributed by atoms with Crippen molar-refractivity contribution in [2.75, 3.05) is 0 Å². The second-order valence-corrected chi connectivity index (χ2v) is 5.76. The number of rotatable bonds is 5. The first-order valence-corrected chi connectivity index (χ1v) is 7.60. The van der Waals surface area contributed by atoms with Gasteiger partial charge in [0.25, 0.3) is 0 Å². The third-order valence-corrected chi connectivity index (χ3v) is 4.04. The molecule has 2 atom stereocenters. The summed E-state index contributed by atoms with van der Waals surface area (Å²) >= 11 is 0. The van der Waals surface area contributed by atoms with E-state index >= 15 is 0 Å². The van der Waals surface area contributed by atoms with Gasteiger partial charge in [-0.1, -0.05) is 48.5 Å². The first kappa shape index (κ1) is 13.9. The van der Waals surface area contributed by atoms with Crippen molar-refractivity contribution in [2.45, 2.75) is 32.4 Å². The molecular formula is C19H22N2. The maximum Gasteiger partial charge on any atom is 0.0456 e. The summed E-state index contributed by atoms with van der Waals surface area (Å²) in [6, 6.07) is 19.9. The lowest BCUT2D eigenvalue weighted by atomic mass is 10.0. The predicted octanol–water partition coefficient (Wildman–Crippen LogP) is 4.45. The zero-order valence-electron chi connectivity index (χ0n) is 12.6. The second-order valence-electron chi connectivity index (χ2n) is 5.76. The number of H-pyrrole nitrogens is 1. The molecule has 0 aliphatic heterocycles. The summed E-state index contributed by atoms with van der Waals surface area (Å²) in [5.74, 6) is 0. The molecule has 0 aliphatic rings. The maximum atomic E-state index is 3.69. The molecule has 0 saturated heterocycles. The van der Waals surface area contributed by atoms with E-state index in [0.717, 1.165) is 6.42 Å². The zero-order chi connectivity index (χ0) is 14.7. The Bertz CT molecular complexity index is 700. The second kappa shape index (κ2) is 6.15. The predicted molar refractivity (Wildman–Crippen MR) is 89.5 cm³/mol. The van der Waals surface area contributed by atoms with Gasteiger partial charge in [0.05, 0.1) is 0 Å². The topological polar surface area (TPSA) is 27.8 Å². The van der Waals surface area contributed by atoms with Gasteiger partial charge in [-0.15, -0.1) is 0 Å². The molecule has 2 aromatic carbocycles. The average Bonchev–Trinajstić information content (AvgIpc) is 2.91. The lowest BCUT2D eigenvalue weighted by Crippen LogP contribution is -2.30. The fraction of sp³-hybridized carbons (Fsp3) is 0.263. The van der Waals surface area contributed by atoms with Crippen LogP contribution in [-0.2, 0) is 6.42 Å². The lowest BCUT2D eigenvalue weighted by molar-refractivity contribution is 0.478. The Hall–Kier alpha value is -2.06. The van der Waals surface area contributed by atoms with Crippen LogP contribution in [0.25, 0.3) is 10.9 Å². The molecule has 0 bridgehead atoms. The van der Waals surface area contributed by atoms with Crippen molar-refractivity contribution in [1.82, 2.24) is 10.3 Å². The van der Waals surface area contributed by atoms with Crippen molar-refractivity contribution < 1.29 is 0 Å². The Morgan fingerprint density at radius 1 is 0.952 bits per heavy atom. The van der Waals surface area contributed by atoms with Crippen molar-refractivity contribution in [2.24, 2.45) is 0 Å². The summed E-state index contributed by atoms with van der Waals surface area (Å²) < 4.78 is 0. The molecule has 3 aromatic rings. The summed E-state index contributed by atoms with van der Waals surface area (Å²) in [5, 5.41) is 5.02. The Balaban J connectivity index is 1.68. The van der Waals surface area contributed by atoms with Crippen LogP contribution in [0, 0.1) is 0 Å². The van der Waals surface area contributed by atoms with Crippen molar-refractivity contribution in [3.63, 3.8) is 0 Å². The van der Waals surface area contributed by atoms with Crippen LogP contribution in [0.1, 0.15) is 31.0 Å². The van der Waals surface area contributed by atoms with Crippen LogP contribution in [0.2, 0.25) is 0 Å². The number of hydrogen-bond acceptors (Lipinski definition) is 1. The number of benzene rings is 2. The van der Waals surface area contributed by atoms with E-state index in [4.69, 9.17) is 0 Å². The summed E-state index contributed by atoms with van der Waals surface area (Å²) in [7, 11) is 0. The van der Waals surface area contributed by atoms with E-state index in [0.29, 0.717) is 12.1 Å². The monoisotopic (exact) mass is 278 g/mol. The fourth-order valence-electron chi connectivity index (χ4n) is 2.95. The summed E-state index contributed by atoms with van der Waals surface area (Å²) in [6.45, 7) is 4.47. The number of hydrogen-bond donors (Lipinski definition) is 2. The van der Waals surface area contributed by atoms with E-state index < -0.39 is 0 Å². The smallest absolute Gasteiger partial charge is 0.0456 e. The molecule has 2 nitrogen and oxygen atoms in total. The van der Waals surface area contributed by atoms with Crippen LogP contribution >= 0.6 is 0 Å². The summed E-state index contributed by atoms with van der Waals surface area (Å²) in [4.78, 5) is 3.35. The SMILES string of the molecule is CC(Cc1c[nH]c2ccccc12)N[C@H](C)c1ccccc1. The molecule has 0 fully saturated rings. The lowest BCUT2D eigenvalue weighted by Gasteiger charge is -2.20. The van der Waals surface area contributed by atoms with Crippen LogP contribution in [-0.4, -0.2) is 11.0 Å². The van der Waals surface area contributed by atoms with E-state index in [9.17, 15) is 0 Å². The fourth-order valence-corrected chi connectivity index (χ4v) is 2.95. The standard InChI is InChI=1S/C19H22N2/c1-14(21-15(2)16-8-4-3-5-9-16)12-17-13-20-19-11-7-6-10-18(17)19/h3-11,13-15,20-21H,12H2,1-2H3/t14?,15-/m1/s1. The molecule has 2 heteroatoms. The van der Waals surface area contributed by atoms with Crippen molar-refractivity contribution in [3.05, 3.63) is 71.9 Å². The quantitative estimate of drug-likeness (QED) is 0.709. The van der Waals surface area contributed by atoms with E-state index in [-0.39, 0.29) is 0 Å². The molecule has 2 N–H and O–H groups in total. The van der Waals surface area contributed by atoms with Crippen LogP contribution in [0.4, 0.5) is 0 Å². The van der Waals surface area contributed by atoms with Gasteiger partial charge in [0.15, 0.2) is 0 Å². The van der Waals surface area contributed by atoms with Crippen LogP contribution in [0.15, 0.2) is 60.8 Å². The molecule has 0 spiro atoms. The minimum Gasteiger partial charge on any atom is -0.361 e. The minimum atomic E-state index is 0.367. The Labute approximate surface area is 126 Å². The van der Waals surface area contributed by atoms with Gasteiger partial charge in [0.2, 0.25) is 0 Å². The highest BCUT2D eigenvalue weighted by Gasteiger charge is 2.11. The number of aromatic amines is 1. The van der Waals surface area contributed by atoms with Crippen LogP contribution in [0.5, 0.6) is 0 Å². The highest BCUT2D eigenvalue weighted by molar-refractivity contribution is 5.83. The third-order valence-electron chi connectivity index (χ3n) is 4.04. The van der Waals surface area contributed by atoms with Gasteiger partial charge in [-0.05, 0) is 37.5 Å². The molecule has 0 aliphatic carbocycles. The number of aromatic nitrogens is 1. The van der Waals surface area contributed by atoms with E-state index in [2.05, 4.69) is 84.9 Å². The molecule has 3 rings (SSSR count). The minimum absolute atomic E-state index is 0.367. The summed E-state index contributed by atoms with van der Waals surface area (Å²) in [5.41, 5.74) is 3.94. The Kier molecular flexibility index (Phi) is 4.07. The van der Waals surface area contributed by atoms with Crippen molar-refractivity contribution >= 4 is 10.9 Å². The molecule has 1 unspecified atom stereocenters. The highest BCUT2D eigenvalue weighted by Crippen LogP contribution is 2.20. The number of fused-ring (bicyclic) bond motifs is 1. The van der Waals surface area contributed by atoms with Gasteiger partial charge < -0.3 is 10.3 Å². The molecule has 0 saturated carbocycles. The maximum absolute atomic E-state index is 3.69. The van der Waals surface area contributed by atoms with Gasteiger partial charge in [0.1, 0.15) is 0 Å². The average molecular weight is 278 g/mol. The van der Waals surface area contributed by atoms with E-state index in [1.807, 2.05) is 0 Å². The van der Waals surface area contributed by atoms with Gasteiger partial charge >= 0.3 is 0 Å². The van der Waals surface area contributed by atoms with E-state index in [1.54, 1.807) is 0 Å². The zero-order valence-corrected chi connectivity index (χ0v) is 12.6. The molecule has 108 valence electrons. The number of para-hydroxylation sites is 1. The van der Waals surface area contributed by atoms with Crippen molar-refractivity contribution in [1.29, 1.82) is 0 Å². The normalized spacial score (nSPS) is 14.2. The molecule has 21 heavy (non-hydrogen) atoms. The van der Waals surface area contributed by atoms with Gasteiger partial charge in [-0.2, -0.15) is 0 Å². The highest BCUT2D eigenvalue weighted by atomic mass is 14.9. The van der Waals surface area contributed by atoms with Crippen LogP contribution in [0.3, 0.4) is 0 Å². The summed E-state index contributed by atoms with van der Waals surface area (Å²) in [6.07, 6.45) is 3.16. The van der Waals surface area contributed by atoms with E-state index in [1.165, 1.54) is 22.0 Å². The Morgan fingerprint density at radius 3 is 2.48 bits per heavy atom. The van der Waals surface area contributed by atoms with Gasteiger partial charge in [-0.25, -0.2) is 0 Å². The Morgan fingerprint density at radius 2 is 1.67 bits per heavy atom. The molecule has 1 heterocycles. The number of nitrogens with one attached hydrogen (secondary N) is 2. The van der Waals surface area contributed by atoms with Crippen LogP contribution < -0.4 is 5.32 Å². The first-order valence-electron chi connectivity index (χ1n) is 7.60. The third kappa shape index (κ3) is 3.17. The largest absolute Gasteiger partial charge is 0.361 e. The molecule has 0 amide bonds. The first-order chi connectivity index (χ1) is 10.2. The molecular weight excluding hydrogens is 256 g/mol. The van der Waals surface area contributed by atoms with Crippen molar-refractivity contribution in [3.8, 4) is 0 Å². The van der Waals surface area contributed by atoms with Gasteiger partial charge in [-0.3, -0.25) is 0 Å². The van der Waals surface area contributed by atoms with Gasteiger partial charge in [0, 0.05) is 29.2 Å². The molecule has 0 radical (unpaired) electrons.